The molecule has 2 rings (SSSR count). The van der Waals surface area contributed by atoms with Gasteiger partial charge in [0.2, 0.25) is 5.13 Å². The summed E-state index contributed by atoms with van der Waals surface area (Å²) >= 11 is 1.25. The molecule has 1 atom stereocenters. The predicted octanol–water partition coefficient (Wildman–Crippen LogP) is 3.21. The Morgan fingerprint density at radius 1 is 1.38 bits per heavy atom. The van der Waals surface area contributed by atoms with Gasteiger partial charge in [0.05, 0.1) is 5.56 Å². The molecule has 0 fully saturated rings. The average Bonchev–Trinajstić information content (AvgIpc) is 2.99. The van der Waals surface area contributed by atoms with Gasteiger partial charge in [-0.1, -0.05) is 0 Å². The quantitative estimate of drug-likeness (QED) is 0.523. The lowest BCUT2D eigenvalue weighted by Crippen LogP contribution is -2.26. The molecule has 0 amide bonds. The number of nitrogens with one attached hydrogen (secondary N) is 1. The Hall–Kier alpha value is -2.37. The molecule has 0 aliphatic carbocycles. The van der Waals surface area contributed by atoms with E-state index in [1.54, 1.807) is 18.5 Å². The molecule has 0 spiro atoms. The second-order valence-corrected chi connectivity index (χ2v) is 7.42. The summed E-state index contributed by atoms with van der Waals surface area (Å²) in [5.41, 5.74) is 0.750. The maximum absolute atomic E-state index is 11.4. The number of carboxylic acid groups (broad SMARTS) is 1. The smallest absolute Gasteiger partial charge is 0.338 e. The number of carboxylic acids is 1. The highest BCUT2D eigenvalue weighted by molar-refractivity contribution is 7.86. The Morgan fingerprint density at radius 2 is 2.08 bits per heavy atom. The molecule has 2 aromatic rings. The largest absolute Gasteiger partial charge is 0.478 e. The molecule has 128 valence electrons. The molecule has 9 nitrogen and oxygen atoms in total. The zero-order valence-electron chi connectivity index (χ0n) is 12.7. The third-order valence-electron chi connectivity index (χ3n) is 3.04. The van der Waals surface area contributed by atoms with Gasteiger partial charge in [0.1, 0.15) is 5.69 Å². The summed E-state index contributed by atoms with van der Waals surface area (Å²) in [4.78, 5) is 15.3. The molecule has 0 saturated heterocycles. The second-order valence-electron chi connectivity index (χ2n) is 4.81. The monoisotopic (exact) mass is 370 g/mol. The van der Waals surface area contributed by atoms with E-state index in [9.17, 15) is 18.3 Å². The lowest BCUT2D eigenvalue weighted by molar-refractivity contribution is 0.0697. The third kappa shape index (κ3) is 4.34. The van der Waals surface area contributed by atoms with Crippen LogP contribution in [0.3, 0.4) is 0 Å². The third-order valence-corrected chi connectivity index (χ3v) is 4.71. The number of hydrogen-bond acceptors (Lipinski definition) is 8. The average molecular weight is 370 g/mol. The van der Waals surface area contributed by atoms with Crippen LogP contribution >= 0.6 is 11.3 Å². The topological polar surface area (TPSA) is 141 Å². The summed E-state index contributed by atoms with van der Waals surface area (Å²) in [5.74, 6) is -1.24. The number of aromatic carboxylic acids is 1. The predicted molar refractivity (Wildman–Crippen MR) is 89.1 cm³/mol. The van der Waals surface area contributed by atoms with E-state index in [4.69, 9.17) is 4.55 Å². The molecule has 24 heavy (non-hydrogen) atoms. The van der Waals surface area contributed by atoms with E-state index in [0.717, 1.165) is 0 Å². The standard InChI is InChI=1S/C13H14N4O5S2/c1-7-5-11(16-17-13-14-3-4-23-13)9(12(18)19)6-10(7)15-8(2)24(20,21)22/h3-6,8,15H,1-2H3,(H,18,19)(H,20,21,22)/b17-16+. The minimum atomic E-state index is -4.31. The van der Waals surface area contributed by atoms with Gasteiger partial charge >= 0.3 is 5.97 Å². The maximum Gasteiger partial charge on any atom is 0.338 e. The van der Waals surface area contributed by atoms with E-state index in [0.29, 0.717) is 10.7 Å². The highest BCUT2D eigenvalue weighted by Crippen LogP contribution is 2.30. The van der Waals surface area contributed by atoms with Gasteiger partial charge in [-0.3, -0.25) is 4.55 Å². The Morgan fingerprint density at radius 3 is 2.62 bits per heavy atom. The van der Waals surface area contributed by atoms with Crippen LogP contribution in [0.4, 0.5) is 16.5 Å². The fourth-order valence-corrected chi connectivity index (χ4v) is 2.49. The van der Waals surface area contributed by atoms with Crippen LogP contribution in [0.1, 0.15) is 22.8 Å². The van der Waals surface area contributed by atoms with Crippen LogP contribution < -0.4 is 5.32 Å². The van der Waals surface area contributed by atoms with Crippen molar-refractivity contribution in [3.8, 4) is 0 Å². The van der Waals surface area contributed by atoms with Crippen LogP contribution in [0.5, 0.6) is 0 Å². The number of hydrogen-bond donors (Lipinski definition) is 3. The van der Waals surface area contributed by atoms with E-state index in [1.807, 2.05) is 0 Å². The van der Waals surface area contributed by atoms with Crippen molar-refractivity contribution in [2.75, 3.05) is 5.32 Å². The number of anilines is 1. The normalized spacial score (nSPS) is 13.1. The van der Waals surface area contributed by atoms with Crippen molar-refractivity contribution in [1.82, 2.24) is 4.98 Å². The van der Waals surface area contributed by atoms with Crippen molar-refractivity contribution in [2.45, 2.75) is 19.2 Å². The van der Waals surface area contributed by atoms with Crippen LogP contribution in [0.15, 0.2) is 33.9 Å². The van der Waals surface area contributed by atoms with E-state index in [-0.39, 0.29) is 16.9 Å². The summed E-state index contributed by atoms with van der Waals surface area (Å²) in [6, 6.07) is 2.70. The summed E-state index contributed by atoms with van der Waals surface area (Å²) in [6.07, 6.45) is 1.55. The first-order valence-electron chi connectivity index (χ1n) is 6.60. The summed E-state index contributed by atoms with van der Waals surface area (Å²) in [7, 11) is -4.31. The van der Waals surface area contributed by atoms with Crippen LogP contribution in [0.25, 0.3) is 0 Å². The number of nitrogens with zero attached hydrogens (tertiary/aromatic N) is 3. The van der Waals surface area contributed by atoms with Crippen molar-refractivity contribution >= 4 is 43.9 Å². The molecule has 1 unspecified atom stereocenters. The van der Waals surface area contributed by atoms with Crippen LogP contribution in [-0.2, 0) is 10.1 Å². The molecule has 0 aliphatic heterocycles. The van der Waals surface area contributed by atoms with Crippen molar-refractivity contribution in [1.29, 1.82) is 0 Å². The number of rotatable bonds is 6. The minimum Gasteiger partial charge on any atom is -0.478 e. The maximum atomic E-state index is 11.4. The molecule has 0 bridgehead atoms. The number of aromatic nitrogens is 1. The fraction of sp³-hybridized carbons (Fsp3) is 0.231. The van der Waals surface area contributed by atoms with Gasteiger partial charge in [0.15, 0.2) is 5.37 Å². The molecule has 0 saturated carbocycles. The second kappa shape index (κ2) is 7.03. The molecule has 11 heteroatoms. The fourth-order valence-electron chi connectivity index (χ4n) is 1.76. The molecule has 0 radical (unpaired) electrons. The Kier molecular flexibility index (Phi) is 5.26. The van der Waals surface area contributed by atoms with Crippen LogP contribution in [0, 0.1) is 6.92 Å². The number of azo groups is 1. The van der Waals surface area contributed by atoms with Crippen LogP contribution in [-0.4, -0.2) is 34.4 Å². The first-order chi connectivity index (χ1) is 11.2. The van der Waals surface area contributed by atoms with E-state index in [1.165, 1.54) is 30.4 Å². The Balaban J connectivity index is 2.40. The van der Waals surface area contributed by atoms with Gasteiger partial charge in [0.25, 0.3) is 10.1 Å². The summed E-state index contributed by atoms with van der Waals surface area (Å²) < 4.78 is 31.2. The summed E-state index contributed by atoms with van der Waals surface area (Å²) in [6.45, 7) is 2.89. The van der Waals surface area contributed by atoms with Gasteiger partial charge in [-0.15, -0.1) is 21.6 Å². The highest BCUT2D eigenvalue weighted by Gasteiger charge is 2.20. The molecule has 1 aromatic heterocycles. The SMILES string of the molecule is Cc1cc(/N=N/c2nccs2)c(C(=O)O)cc1NC(C)S(=O)(=O)O. The van der Waals surface area contributed by atoms with E-state index in [2.05, 4.69) is 20.5 Å². The number of thiazole rings is 1. The first-order valence-corrected chi connectivity index (χ1v) is 8.99. The molecule has 3 N–H and O–H groups in total. The zero-order chi connectivity index (χ0) is 17.9. The Bertz CT molecular complexity index is 878. The van der Waals surface area contributed by atoms with Crippen molar-refractivity contribution < 1.29 is 22.9 Å². The van der Waals surface area contributed by atoms with Crippen molar-refractivity contribution in [2.24, 2.45) is 10.2 Å². The Labute approximate surface area is 141 Å². The molecule has 1 aromatic carbocycles. The number of carbonyl (C=O) groups is 1. The molecular formula is C13H14N4O5S2. The van der Waals surface area contributed by atoms with Gasteiger partial charge < -0.3 is 10.4 Å². The summed E-state index contributed by atoms with van der Waals surface area (Å²) in [5, 5.41) is 20.4. The van der Waals surface area contributed by atoms with Gasteiger partial charge in [-0.25, -0.2) is 9.78 Å². The highest BCUT2D eigenvalue weighted by atomic mass is 32.2. The van der Waals surface area contributed by atoms with E-state index >= 15 is 0 Å². The molecule has 1 heterocycles. The molecule has 0 aliphatic rings. The van der Waals surface area contributed by atoms with Crippen LogP contribution in [0.2, 0.25) is 0 Å². The van der Waals surface area contributed by atoms with Crippen molar-refractivity contribution in [3.63, 3.8) is 0 Å². The van der Waals surface area contributed by atoms with Gasteiger partial charge in [-0.05, 0) is 31.5 Å². The lowest BCUT2D eigenvalue weighted by atomic mass is 10.1. The van der Waals surface area contributed by atoms with E-state index < -0.39 is 21.5 Å². The number of benzene rings is 1. The molecular weight excluding hydrogens is 356 g/mol. The van der Waals surface area contributed by atoms with Crippen molar-refractivity contribution in [3.05, 3.63) is 34.8 Å². The zero-order valence-corrected chi connectivity index (χ0v) is 14.3. The first kappa shape index (κ1) is 18.0. The lowest BCUT2D eigenvalue weighted by Gasteiger charge is -2.15. The number of aryl methyl sites for hydroxylation is 1. The minimum absolute atomic E-state index is 0.111. The van der Waals surface area contributed by atoms with Gasteiger partial charge in [0, 0.05) is 17.3 Å². The van der Waals surface area contributed by atoms with Gasteiger partial charge in [-0.2, -0.15) is 8.42 Å².